The van der Waals surface area contributed by atoms with Crippen molar-refractivity contribution in [3.05, 3.63) is 65.2 Å². The summed E-state index contributed by atoms with van der Waals surface area (Å²) in [4.78, 5) is 29.1. The van der Waals surface area contributed by atoms with E-state index in [0.29, 0.717) is 23.8 Å². The number of rotatable bonds is 7. The standard InChI is InChI=1S/C24H31N5O2/c1-28-11-13-29(14-12-28)17-19-4-2-3-18(15-19)16-25-23(30)20-5-7-21(8-6-20)26-24(31)27-22-9-10-22/h2-8,15,22H,9-14,16-17H2,1H3,(H,25,30)(H2,26,27,31). The highest BCUT2D eigenvalue weighted by atomic mass is 16.2. The number of amides is 3. The Bertz CT molecular complexity index is 902. The molecule has 0 spiro atoms. The van der Waals surface area contributed by atoms with E-state index in [1.807, 2.05) is 6.07 Å². The summed E-state index contributed by atoms with van der Waals surface area (Å²) in [7, 11) is 2.16. The van der Waals surface area contributed by atoms with Crippen molar-refractivity contribution in [1.29, 1.82) is 0 Å². The first-order valence-corrected chi connectivity index (χ1v) is 11.0. The van der Waals surface area contributed by atoms with E-state index in [-0.39, 0.29) is 11.9 Å². The highest BCUT2D eigenvalue weighted by Crippen LogP contribution is 2.19. The molecule has 0 radical (unpaired) electrons. The summed E-state index contributed by atoms with van der Waals surface area (Å²) >= 11 is 0. The molecule has 1 saturated carbocycles. The van der Waals surface area contributed by atoms with Gasteiger partial charge in [-0.05, 0) is 55.3 Å². The Morgan fingerprint density at radius 1 is 0.968 bits per heavy atom. The van der Waals surface area contributed by atoms with Gasteiger partial charge in [-0.25, -0.2) is 4.79 Å². The molecule has 7 heteroatoms. The maximum absolute atomic E-state index is 12.5. The van der Waals surface area contributed by atoms with Gasteiger partial charge in [0.15, 0.2) is 0 Å². The SMILES string of the molecule is CN1CCN(Cc2cccc(CNC(=O)c3ccc(NC(=O)NC4CC4)cc3)c2)CC1. The van der Waals surface area contributed by atoms with Crippen LogP contribution in [-0.2, 0) is 13.1 Å². The number of hydrogen-bond acceptors (Lipinski definition) is 4. The summed E-state index contributed by atoms with van der Waals surface area (Å²) in [5.41, 5.74) is 3.61. The molecule has 1 saturated heterocycles. The second kappa shape index (κ2) is 9.94. The van der Waals surface area contributed by atoms with Gasteiger partial charge in [0, 0.05) is 56.6 Å². The second-order valence-corrected chi connectivity index (χ2v) is 8.53. The lowest BCUT2D eigenvalue weighted by Gasteiger charge is -2.32. The summed E-state index contributed by atoms with van der Waals surface area (Å²) in [5.74, 6) is -0.126. The Morgan fingerprint density at radius 3 is 2.39 bits per heavy atom. The van der Waals surface area contributed by atoms with E-state index in [1.165, 1.54) is 5.56 Å². The molecule has 2 aromatic carbocycles. The summed E-state index contributed by atoms with van der Waals surface area (Å²) in [6.07, 6.45) is 2.09. The van der Waals surface area contributed by atoms with Gasteiger partial charge in [0.05, 0.1) is 0 Å². The highest BCUT2D eigenvalue weighted by Gasteiger charge is 2.23. The van der Waals surface area contributed by atoms with E-state index >= 15 is 0 Å². The summed E-state index contributed by atoms with van der Waals surface area (Å²) < 4.78 is 0. The molecule has 4 rings (SSSR count). The molecule has 0 bridgehead atoms. The topological polar surface area (TPSA) is 76.7 Å². The first-order chi connectivity index (χ1) is 15.0. The smallest absolute Gasteiger partial charge is 0.319 e. The molecule has 1 aliphatic carbocycles. The largest absolute Gasteiger partial charge is 0.348 e. The quantitative estimate of drug-likeness (QED) is 0.642. The van der Waals surface area contributed by atoms with Crippen LogP contribution in [-0.4, -0.2) is 61.0 Å². The predicted molar refractivity (Wildman–Crippen MR) is 122 cm³/mol. The van der Waals surface area contributed by atoms with Crippen LogP contribution in [0.5, 0.6) is 0 Å². The van der Waals surface area contributed by atoms with Crippen molar-refractivity contribution < 1.29 is 9.59 Å². The number of nitrogens with zero attached hydrogens (tertiary/aromatic N) is 2. The lowest BCUT2D eigenvalue weighted by molar-refractivity contribution is 0.0951. The fourth-order valence-corrected chi connectivity index (χ4v) is 3.67. The number of likely N-dealkylation sites (N-methyl/N-ethyl adjacent to an activating group) is 1. The average Bonchev–Trinajstić information content (AvgIpc) is 3.58. The van der Waals surface area contributed by atoms with Crippen molar-refractivity contribution in [3.63, 3.8) is 0 Å². The molecule has 0 atom stereocenters. The van der Waals surface area contributed by atoms with E-state index in [4.69, 9.17) is 0 Å². The van der Waals surface area contributed by atoms with Gasteiger partial charge in [-0.2, -0.15) is 0 Å². The minimum absolute atomic E-state index is 0.126. The van der Waals surface area contributed by atoms with Crippen LogP contribution in [0.4, 0.5) is 10.5 Å². The molecule has 1 aliphatic heterocycles. The van der Waals surface area contributed by atoms with Gasteiger partial charge in [-0.1, -0.05) is 24.3 Å². The Hall–Kier alpha value is -2.90. The number of nitrogens with one attached hydrogen (secondary N) is 3. The van der Waals surface area contributed by atoms with Crippen LogP contribution < -0.4 is 16.0 Å². The van der Waals surface area contributed by atoms with E-state index < -0.39 is 0 Å². The Labute approximate surface area is 183 Å². The molecule has 2 aromatic rings. The summed E-state index contributed by atoms with van der Waals surface area (Å²) in [6, 6.07) is 15.5. The number of carbonyl (C=O) groups excluding carboxylic acids is 2. The summed E-state index contributed by atoms with van der Waals surface area (Å²) in [5, 5.41) is 8.65. The molecule has 3 amide bonds. The zero-order chi connectivity index (χ0) is 21.6. The molecular formula is C24H31N5O2. The number of urea groups is 1. The van der Waals surface area contributed by atoms with Crippen molar-refractivity contribution in [2.45, 2.75) is 32.0 Å². The molecule has 2 fully saturated rings. The third kappa shape index (κ3) is 6.54. The molecule has 164 valence electrons. The fraction of sp³-hybridized carbons (Fsp3) is 0.417. The molecular weight excluding hydrogens is 390 g/mol. The van der Waals surface area contributed by atoms with Crippen LogP contribution in [0.3, 0.4) is 0 Å². The molecule has 1 heterocycles. The number of benzene rings is 2. The van der Waals surface area contributed by atoms with Crippen molar-refractivity contribution >= 4 is 17.6 Å². The van der Waals surface area contributed by atoms with Gasteiger partial charge < -0.3 is 20.9 Å². The molecule has 31 heavy (non-hydrogen) atoms. The molecule has 2 aliphatic rings. The lowest BCUT2D eigenvalue weighted by Crippen LogP contribution is -2.43. The molecule has 7 nitrogen and oxygen atoms in total. The Kier molecular flexibility index (Phi) is 6.84. The average molecular weight is 422 g/mol. The van der Waals surface area contributed by atoms with Crippen LogP contribution in [0.15, 0.2) is 48.5 Å². The fourth-order valence-electron chi connectivity index (χ4n) is 3.67. The Morgan fingerprint density at radius 2 is 1.68 bits per heavy atom. The number of anilines is 1. The van der Waals surface area contributed by atoms with E-state index in [1.54, 1.807) is 24.3 Å². The molecule has 3 N–H and O–H groups in total. The summed E-state index contributed by atoms with van der Waals surface area (Å²) in [6.45, 7) is 5.82. The lowest BCUT2D eigenvalue weighted by atomic mass is 10.1. The van der Waals surface area contributed by atoms with E-state index in [2.05, 4.69) is 51.0 Å². The maximum atomic E-state index is 12.5. The zero-order valence-corrected chi connectivity index (χ0v) is 18.1. The Balaban J connectivity index is 1.25. The second-order valence-electron chi connectivity index (χ2n) is 8.53. The predicted octanol–water partition coefficient (Wildman–Crippen LogP) is 2.65. The van der Waals surface area contributed by atoms with Crippen molar-refractivity contribution in [1.82, 2.24) is 20.4 Å². The van der Waals surface area contributed by atoms with Gasteiger partial charge in [-0.3, -0.25) is 9.69 Å². The van der Waals surface area contributed by atoms with E-state index in [0.717, 1.165) is 51.1 Å². The van der Waals surface area contributed by atoms with Gasteiger partial charge in [-0.15, -0.1) is 0 Å². The van der Waals surface area contributed by atoms with Crippen LogP contribution in [0.2, 0.25) is 0 Å². The van der Waals surface area contributed by atoms with Crippen LogP contribution in [0, 0.1) is 0 Å². The van der Waals surface area contributed by atoms with Crippen molar-refractivity contribution in [2.24, 2.45) is 0 Å². The van der Waals surface area contributed by atoms with Crippen LogP contribution in [0.1, 0.15) is 34.3 Å². The van der Waals surface area contributed by atoms with Crippen LogP contribution in [0.25, 0.3) is 0 Å². The van der Waals surface area contributed by atoms with Gasteiger partial charge in [0.2, 0.25) is 0 Å². The first kappa shape index (κ1) is 21.3. The van der Waals surface area contributed by atoms with Crippen molar-refractivity contribution in [3.8, 4) is 0 Å². The third-order valence-electron chi connectivity index (χ3n) is 5.76. The minimum Gasteiger partial charge on any atom is -0.348 e. The third-order valence-corrected chi connectivity index (χ3v) is 5.76. The van der Waals surface area contributed by atoms with E-state index in [9.17, 15) is 9.59 Å². The van der Waals surface area contributed by atoms with Crippen molar-refractivity contribution in [2.75, 3.05) is 38.5 Å². The van der Waals surface area contributed by atoms with Gasteiger partial charge in [0.25, 0.3) is 5.91 Å². The number of carbonyl (C=O) groups is 2. The van der Waals surface area contributed by atoms with Gasteiger partial charge in [0.1, 0.15) is 0 Å². The first-order valence-electron chi connectivity index (χ1n) is 11.0. The number of hydrogen-bond donors (Lipinski definition) is 3. The monoisotopic (exact) mass is 421 g/mol. The minimum atomic E-state index is -0.198. The number of piperazine rings is 1. The normalized spacial score (nSPS) is 17.2. The zero-order valence-electron chi connectivity index (χ0n) is 18.1. The molecule has 0 unspecified atom stereocenters. The maximum Gasteiger partial charge on any atom is 0.319 e. The highest BCUT2D eigenvalue weighted by molar-refractivity contribution is 5.95. The molecule has 0 aromatic heterocycles. The van der Waals surface area contributed by atoms with Crippen LogP contribution >= 0.6 is 0 Å². The van der Waals surface area contributed by atoms with Gasteiger partial charge >= 0.3 is 6.03 Å².